The number of carbonyl (C=O) groups is 1. The Morgan fingerprint density at radius 2 is 1.65 bits per heavy atom. The van der Waals surface area contributed by atoms with Gasteiger partial charge in [0.25, 0.3) is 5.91 Å². The van der Waals surface area contributed by atoms with Gasteiger partial charge in [-0.25, -0.2) is 4.79 Å². The van der Waals surface area contributed by atoms with Crippen LogP contribution < -0.4 is 25.7 Å². The molecule has 1 amide bonds. The number of hydrogen-bond donors (Lipinski definition) is 2. The first kappa shape index (κ1) is 20.8. The van der Waals surface area contributed by atoms with E-state index in [2.05, 4.69) is 10.6 Å². The van der Waals surface area contributed by atoms with E-state index in [0.717, 1.165) is 31.1 Å². The third kappa shape index (κ3) is 4.50. The van der Waals surface area contributed by atoms with E-state index >= 15 is 0 Å². The average molecular weight is 422 g/mol. The fraction of sp³-hybridized carbons (Fsp3) is 0.333. The van der Waals surface area contributed by atoms with E-state index < -0.39 is 11.5 Å². The minimum atomic E-state index is -0.597. The van der Waals surface area contributed by atoms with Gasteiger partial charge in [-0.3, -0.25) is 4.79 Å². The number of amides is 1. The molecule has 1 heterocycles. The second-order valence-electron chi connectivity index (χ2n) is 7.67. The molecule has 0 saturated heterocycles. The van der Waals surface area contributed by atoms with Gasteiger partial charge in [-0.1, -0.05) is 31.4 Å². The molecular weight excluding hydrogens is 396 g/mol. The van der Waals surface area contributed by atoms with E-state index in [9.17, 15) is 9.59 Å². The molecule has 1 aromatic heterocycles. The van der Waals surface area contributed by atoms with Crippen LogP contribution >= 0.6 is 0 Å². The molecule has 7 nitrogen and oxygen atoms in total. The summed E-state index contributed by atoms with van der Waals surface area (Å²) in [6.07, 6.45) is 5.55. The molecule has 0 bridgehead atoms. The fourth-order valence-electron chi connectivity index (χ4n) is 3.99. The molecule has 4 rings (SSSR count). The number of methoxy groups -OCH3 is 2. The van der Waals surface area contributed by atoms with Crippen molar-refractivity contribution < 1.29 is 18.7 Å². The zero-order chi connectivity index (χ0) is 21.8. The van der Waals surface area contributed by atoms with Crippen LogP contribution in [0, 0.1) is 0 Å². The van der Waals surface area contributed by atoms with Crippen LogP contribution in [0.2, 0.25) is 0 Å². The summed E-state index contributed by atoms with van der Waals surface area (Å²) in [5, 5.41) is 7.03. The van der Waals surface area contributed by atoms with Crippen LogP contribution in [-0.2, 0) is 0 Å². The van der Waals surface area contributed by atoms with Gasteiger partial charge in [-0.05, 0) is 37.1 Å². The Labute approximate surface area is 180 Å². The Morgan fingerprint density at radius 1 is 0.968 bits per heavy atom. The largest absolute Gasteiger partial charge is 0.497 e. The monoisotopic (exact) mass is 422 g/mol. The van der Waals surface area contributed by atoms with Crippen LogP contribution in [0.5, 0.6) is 11.5 Å². The normalized spacial score (nSPS) is 14.3. The van der Waals surface area contributed by atoms with Gasteiger partial charge < -0.3 is 24.5 Å². The van der Waals surface area contributed by atoms with Gasteiger partial charge in [0.05, 0.1) is 19.9 Å². The van der Waals surface area contributed by atoms with E-state index in [1.165, 1.54) is 20.6 Å². The van der Waals surface area contributed by atoms with Gasteiger partial charge >= 0.3 is 5.63 Å². The molecule has 2 N–H and O–H groups in total. The Hall–Kier alpha value is -3.48. The number of fused-ring (bicyclic) bond motifs is 1. The molecule has 0 spiro atoms. The van der Waals surface area contributed by atoms with Gasteiger partial charge in [0.1, 0.15) is 17.1 Å². The lowest BCUT2D eigenvalue weighted by molar-refractivity contribution is 0.102. The van der Waals surface area contributed by atoms with Crippen molar-refractivity contribution in [2.24, 2.45) is 0 Å². The van der Waals surface area contributed by atoms with Gasteiger partial charge in [-0.2, -0.15) is 0 Å². The Kier molecular flexibility index (Phi) is 6.11. The zero-order valence-corrected chi connectivity index (χ0v) is 17.7. The van der Waals surface area contributed by atoms with Crippen molar-refractivity contribution >= 4 is 28.3 Å². The summed E-state index contributed by atoms with van der Waals surface area (Å²) in [5.74, 6) is 0.512. The molecule has 1 saturated carbocycles. The number of anilines is 2. The van der Waals surface area contributed by atoms with Gasteiger partial charge in [0.2, 0.25) is 0 Å². The van der Waals surface area contributed by atoms with E-state index in [-0.39, 0.29) is 11.7 Å². The van der Waals surface area contributed by atoms with Crippen LogP contribution in [0.15, 0.2) is 51.7 Å². The van der Waals surface area contributed by atoms with Crippen molar-refractivity contribution in [1.82, 2.24) is 0 Å². The van der Waals surface area contributed by atoms with Crippen molar-refractivity contribution in [2.45, 2.75) is 38.1 Å². The molecular formula is C24H26N2O5. The second-order valence-corrected chi connectivity index (χ2v) is 7.67. The molecule has 3 aromatic rings. The molecule has 1 fully saturated rings. The van der Waals surface area contributed by atoms with Crippen LogP contribution in [-0.4, -0.2) is 26.2 Å². The topological polar surface area (TPSA) is 89.8 Å². The Morgan fingerprint density at radius 3 is 2.32 bits per heavy atom. The minimum Gasteiger partial charge on any atom is -0.497 e. The molecule has 1 aliphatic carbocycles. The van der Waals surface area contributed by atoms with E-state index in [4.69, 9.17) is 13.9 Å². The Balaban J connectivity index is 1.74. The predicted octanol–water partition coefficient (Wildman–Crippen LogP) is 4.81. The maximum Gasteiger partial charge on any atom is 0.362 e. The lowest BCUT2D eigenvalue weighted by atomic mass is 9.95. The number of hydrogen-bond acceptors (Lipinski definition) is 6. The first-order valence-electron chi connectivity index (χ1n) is 10.5. The highest BCUT2D eigenvalue weighted by molar-refractivity contribution is 6.09. The third-order valence-electron chi connectivity index (χ3n) is 5.62. The molecule has 0 atom stereocenters. The number of carbonyl (C=O) groups excluding carboxylic acids is 1. The summed E-state index contributed by atoms with van der Waals surface area (Å²) in [4.78, 5) is 25.9. The highest BCUT2D eigenvalue weighted by Crippen LogP contribution is 2.32. The maximum absolute atomic E-state index is 13.1. The van der Waals surface area contributed by atoms with E-state index in [0.29, 0.717) is 28.3 Å². The van der Waals surface area contributed by atoms with Crippen molar-refractivity contribution in [1.29, 1.82) is 0 Å². The third-order valence-corrected chi connectivity index (χ3v) is 5.62. The predicted molar refractivity (Wildman–Crippen MR) is 120 cm³/mol. The zero-order valence-electron chi connectivity index (χ0n) is 17.7. The van der Waals surface area contributed by atoms with Crippen molar-refractivity contribution in [3.63, 3.8) is 0 Å². The molecule has 162 valence electrons. The van der Waals surface area contributed by atoms with E-state index in [1.807, 2.05) is 18.2 Å². The first-order valence-corrected chi connectivity index (χ1v) is 10.5. The highest BCUT2D eigenvalue weighted by Gasteiger charge is 2.22. The fourth-order valence-corrected chi connectivity index (χ4v) is 3.99. The van der Waals surface area contributed by atoms with Gasteiger partial charge in [0, 0.05) is 23.1 Å². The lowest BCUT2D eigenvalue weighted by Crippen LogP contribution is -2.26. The van der Waals surface area contributed by atoms with Gasteiger partial charge in [0.15, 0.2) is 5.69 Å². The average Bonchev–Trinajstić information content (AvgIpc) is 2.81. The summed E-state index contributed by atoms with van der Waals surface area (Å²) in [7, 11) is 3.03. The van der Waals surface area contributed by atoms with Crippen molar-refractivity contribution in [3.8, 4) is 11.5 Å². The van der Waals surface area contributed by atoms with E-state index in [1.54, 1.807) is 24.3 Å². The SMILES string of the molecule is COc1cc(OC)cc(C(=O)Nc2c(NC3CCCCC3)c3ccccc3oc2=O)c1. The highest BCUT2D eigenvalue weighted by atomic mass is 16.5. The molecule has 31 heavy (non-hydrogen) atoms. The molecule has 1 aliphatic rings. The lowest BCUT2D eigenvalue weighted by Gasteiger charge is -2.25. The standard InChI is InChI=1S/C24H26N2O5/c1-29-17-12-15(13-18(14-17)30-2)23(27)26-22-21(25-16-8-4-3-5-9-16)19-10-6-7-11-20(19)31-24(22)28/h6-7,10-14,16,25H,3-5,8-9H2,1-2H3,(H,26,27). The van der Waals surface area contributed by atoms with Crippen LogP contribution in [0.4, 0.5) is 11.4 Å². The quantitative estimate of drug-likeness (QED) is 0.554. The summed E-state index contributed by atoms with van der Waals surface area (Å²) in [5.41, 5.74) is 0.900. The van der Waals surface area contributed by atoms with Crippen molar-refractivity contribution in [2.75, 3.05) is 24.9 Å². The van der Waals surface area contributed by atoms with Crippen LogP contribution in [0.1, 0.15) is 42.5 Å². The summed E-state index contributed by atoms with van der Waals surface area (Å²) >= 11 is 0. The molecule has 7 heteroatoms. The smallest absolute Gasteiger partial charge is 0.362 e. The molecule has 0 unspecified atom stereocenters. The molecule has 0 radical (unpaired) electrons. The summed E-state index contributed by atoms with van der Waals surface area (Å²) in [6, 6.07) is 12.4. The molecule has 0 aliphatic heterocycles. The first-order chi connectivity index (χ1) is 15.1. The maximum atomic E-state index is 13.1. The minimum absolute atomic E-state index is 0.107. The second kappa shape index (κ2) is 9.12. The van der Waals surface area contributed by atoms with Gasteiger partial charge in [-0.15, -0.1) is 0 Å². The Bertz CT molecular complexity index is 1130. The van der Waals surface area contributed by atoms with Crippen molar-refractivity contribution in [3.05, 3.63) is 58.4 Å². The van der Waals surface area contributed by atoms with Crippen LogP contribution in [0.3, 0.4) is 0 Å². The number of ether oxygens (including phenoxy) is 2. The number of para-hydroxylation sites is 1. The number of benzene rings is 2. The molecule has 2 aromatic carbocycles. The number of rotatable bonds is 6. The summed E-state index contributed by atoms with van der Waals surface area (Å²) in [6.45, 7) is 0. The number of nitrogens with one attached hydrogen (secondary N) is 2. The summed E-state index contributed by atoms with van der Waals surface area (Å²) < 4.78 is 16.0. The van der Waals surface area contributed by atoms with Crippen LogP contribution in [0.25, 0.3) is 11.0 Å².